The summed E-state index contributed by atoms with van der Waals surface area (Å²) in [5.41, 5.74) is 2.16. The Hall–Kier alpha value is -2.19. The third-order valence-corrected chi connectivity index (χ3v) is 7.40. The molecule has 0 saturated carbocycles. The first-order chi connectivity index (χ1) is 16.8. The summed E-state index contributed by atoms with van der Waals surface area (Å²) in [7, 11) is 0. The largest absolute Gasteiger partial charge is 0.488 e. The van der Waals surface area contributed by atoms with Crippen molar-refractivity contribution in [2.24, 2.45) is 5.10 Å². The SMILES string of the molecule is CC[C@H](C)c1nc2ccc(Br)cc2c(=O)n1N=Cc1ccc(OCc2ccc(Cl)c(Cl)c2)c(Br)c1. The van der Waals surface area contributed by atoms with E-state index in [1.54, 1.807) is 24.4 Å². The lowest BCUT2D eigenvalue weighted by Crippen LogP contribution is -2.23. The minimum absolute atomic E-state index is 0.0665. The predicted octanol–water partition coefficient (Wildman–Crippen LogP) is 8.20. The van der Waals surface area contributed by atoms with Gasteiger partial charge in [-0.05, 0) is 82.0 Å². The van der Waals surface area contributed by atoms with Crippen LogP contribution in [-0.2, 0) is 6.61 Å². The fourth-order valence-electron chi connectivity index (χ4n) is 3.41. The molecule has 4 aromatic rings. The number of fused-ring (bicyclic) bond motifs is 1. The Kier molecular flexibility index (Phi) is 8.32. The lowest BCUT2D eigenvalue weighted by atomic mass is 10.1. The zero-order chi connectivity index (χ0) is 25.1. The minimum Gasteiger partial charge on any atom is -0.488 e. The molecule has 0 amide bonds. The molecule has 5 nitrogen and oxygen atoms in total. The van der Waals surface area contributed by atoms with Crippen LogP contribution in [0.3, 0.4) is 0 Å². The molecule has 1 heterocycles. The van der Waals surface area contributed by atoms with Crippen molar-refractivity contribution >= 4 is 72.2 Å². The van der Waals surface area contributed by atoms with Crippen molar-refractivity contribution in [2.75, 3.05) is 0 Å². The predicted molar refractivity (Wildman–Crippen MR) is 150 cm³/mol. The summed E-state index contributed by atoms with van der Waals surface area (Å²) in [6.45, 7) is 4.44. The van der Waals surface area contributed by atoms with Gasteiger partial charge in [-0.2, -0.15) is 9.78 Å². The topological polar surface area (TPSA) is 56.5 Å². The Morgan fingerprint density at radius 1 is 1.09 bits per heavy atom. The first kappa shape index (κ1) is 25.9. The summed E-state index contributed by atoms with van der Waals surface area (Å²) in [5.74, 6) is 1.36. The fraction of sp³-hybridized carbons (Fsp3) is 0.192. The number of hydrogen-bond donors (Lipinski definition) is 0. The maximum absolute atomic E-state index is 13.3. The van der Waals surface area contributed by atoms with Crippen LogP contribution < -0.4 is 10.3 Å². The summed E-state index contributed by atoms with van der Waals surface area (Å²) in [6.07, 6.45) is 2.48. The maximum atomic E-state index is 13.3. The van der Waals surface area contributed by atoms with Crippen LogP contribution in [-0.4, -0.2) is 15.9 Å². The highest BCUT2D eigenvalue weighted by Crippen LogP contribution is 2.28. The molecule has 0 aliphatic carbocycles. The van der Waals surface area contributed by atoms with E-state index in [0.717, 1.165) is 26.5 Å². The fourth-order valence-corrected chi connectivity index (χ4v) is 4.60. The van der Waals surface area contributed by atoms with Crippen molar-refractivity contribution in [3.05, 3.63) is 101 Å². The van der Waals surface area contributed by atoms with Crippen LogP contribution in [0.25, 0.3) is 10.9 Å². The number of benzene rings is 3. The van der Waals surface area contributed by atoms with Crippen LogP contribution in [0, 0.1) is 0 Å². The first-order valence-electron chi connectivity index (χ1n) is 10.9. The molecule has 0 spiro atoms. The summed E-state index contributed by atoms with van der Waals surface area (Å²) in [4.78, 5) is 18.0. The lowest BCUT2D eigenvalue weighted by Gasteiger charge is -2.14. The molecule has 0 bridgehead atoms. The summed E-state index contributed by atoms with van der Waals surface area (Å²) in [6, 6.07) is 16.5. The second kappa shape index (κ2) is 11.2. The van der Waals surface area contributed by atoms with E-state index in [4.69, 9.17) is 32.9 Å². The van der Waals surface area contributed by atoms with E-state index in [0.29, 0.717) is 39.1 Å². The van der Waals surface area contributed by atoms with E-state index in [1.807, 2.05) is 43.3 Å². The quantitative estimate of drug-likeness (QED) is 0.192. The van der Waals surface area contributed by atoms with Gasteiger partial charge >= 0.3 is 0 Å². The molecule has 4 rings (SSSR count). The van der Waals surface area contributed by atoms with Crippen molar-refractivity contribution in [3.8, 4) is 5.75 Å². The molecule has 0 saturated heterocycles. The third kappa shape index (κ3) is 5.97. The molecule has 0 radical (unpaired) electrons. The maximum Gasteiger partial charge on any atom is 0.282 e. The number of hydrogen-bond acceptors (Lipinski definition) is 4. The Balaban J connectivity index is 1.61. The van der Waals surface area contributed by atoms with Gasteiger partial charge in [-0.25, -0.2) is 4.98 Å². The van der Waals surface area contributed by atoms with Crippen LogP contribution in [0.4, 0.5) is 0 Å². The van der Waals surface area contributed by atoms with Crippen LogP contribution in [0.5, 0.6) is 5.75 Å². The molecule has 1 atom stereocenters. The molecule has 1 aromatic heterocycles. The second-order valence-corrected chi connectivity index (χ2v) is 10.6. The van der Waals surface area contributed by atoms with E-state index in [1.165, 1.54) is 4.68 Å². The summed E-state index contributed by atoms with van der Waals surface area (Å²) in [5, 5.41) is 6.02. The van der Waals surface area contributed by atoms with Crippen LogP contribution in [0.15, 0.2) is 73.4 Å². The van der Waals surface area contributed by atoms with Gasteiger partial charge in [0.15, 0.2) is 0 Å². The van der Waals surface area contributed by atoms with Crippen LogP contribution in [0.1, 0.15) is 43.1 Å². The Morgan fingerprint density at radius 3 is 2.60 bits per heavy atom. The number of rotatable bonds is 7. The average molecular weight is 638 g/mol. The molecule has 0 fully saturated rings. The van der Waals surface area contributed by atoms with Gasteiger partial charge < -0.3 is 4.74 Å². The smallest absolute Gasteiger partial charge is 0.282 e. The van der Waals surface area contributed by atoms with Gasteiger partial charge in [0.1, 0.15) is 18.2 Å². The molecule has 9 heteroatoms. The average Bonchev–Trinajstić information content (AvgIpc) is 2.84. The molecule has 0 unspecified atom stereocenters. The lowest BCUT2D eigenvalue weighted by molar-refractivity contribution is 0.304. The van der Waals surface area contributed by atoms with Crippen LogP contribution >= 0.6 is 55.1 Å². The number of nitrogens with zero attached hydrogens (tertiary/aromatic N) is 3. The van der Waals surface area contributed by atoms with Crippen molar-refractivity contribution < 1.29 is 4.74 Å². The molecule has 0 aliphatic rings. The number of ether oxygens (including phenoxy) is 1. The molecular weight excluding hydrogens is 617 g/mol. The summed E-state index contributed by atoms with van der Waals surface area (Å²) >= 11 is 19.0. The molecular formula is C26H21Br2Cl2N3O2. The van der Waals surface area contributed by atoms with E-state index in [-0.39, 0.29) is 11.5 Å². The minimum atomic E-state index is -0.205. The van der Waals surface area contributed by atoms with E-state index in [9.17, 15) is 4.79 Å². The van der Waals surface area contributed by atoms with E-state index >= 15 is 0 Å². The third-order valence-electron chi connectivity index (χ3n) is 5.54. The van der Waals surface area contributed by atoms with E-state index in [2.05, 4.69) is 43.9 Å². The summed E-state index contributed by atoms with van der Waals surface area (Å²) < 4.78 is 8.89. The van der Waals surface area contributed by atoms with Gasteiger partial charge in [-0.3, -0.25) is 4.79 Å². The monoisotopic (exact) mass is 635 g/mol. The Bertz CT molecular complexity index is 1490. The number of halogens is 4. The molecule has 0 N–H and O–H groups in total. The van der Waals surface area contributed by atoms with Gasteiger partial charge in [-0.15, -0.1) is 0 Å². The van der Waals surface area contributed by atoms with Crippen molar-refractivity contribution in [3.63, 3.8) is 0 Å². The van der Waals surface area contributed by atoms with Gasteiger partial charge in [-0.1, -0.05) is 59.0 Å². The van der Waals surface area contributed by atoms with Crippen molar-refractivity contribution in [1.29, 1.82) is 0 Å². The van der Waals surface area contributed by atoms with Crippen molar-refractivity contribution in [1.82, 2.24) is 9.66 Å². The van der Waals surface area contributed by atoms with Gasteiger partial charge in [0.2, 0.25) is 0 Å². The highest BCUT2D eigenvalue weighted by Gasteiger charge is 2.15. The highest BCUT2D eigenvalue weighted by atomic mass is 79.9. The Morgan fingerprint density at radius 2 is 1.89 bits per heavy atom. The molecule has 0 aliphatic heterocycles. The molecule has 3 aromatic carbocycles. The highest BCUT2D eigenvalue weighted by molar-refractivity contribution is 9.10. The molecule has 180 valence electrons. The van der Waals surface area contributed by atoms with Crippen LogP contribution in [0.2, 0.25) is 10.0 Å². The zero-order valence-corrected chi connectivity index (χ0v) is 23.6. The van der Waals surface area contributed by atoms with E-state index < -0.39 is 0 Å². The van der Waals surface area contributed by atoms with Crippen molar-refractivity contribution in [2.45, 2.75) is 32.8 Å². The zero-order valence-electron chi connectivity index (χ0n) is 18.9. The normalized spacial score (nSPS) is 12.4. The Labute approximate surface area is 230 Å². The standard InChI is InChI=1S/C26H21Br2Cl2N3O2/c1-3-15(2)25-32-23-8-6-18(27)12-19(23)26(34)33(25)31-13-16-5-9-24(20(28)10-16)35-14-17-4-7-21(29)22(30)11-17/h4-13,15H,3,14H2,1-2H3/t15-/m0/s1. The second-order valence-electron chi connectivity index (χ2n) is 8.03. The first-order valence-corrected chi connectivity index (χ1v) is 13.2. The van der Waals surface area contributed by atoms with Gasteiger partial charge in [0.05, 0.1) is 31.6 Å². The van der Waals surface area contributed by atoms with Gasteiger partial charge in [0.25, 0.3) is 5.56 Å². The van der Waals surface area contributed by atoms with Gasteiger partial charge in [0, 0.05) is 10.4 Å². The molecule has 35 heavy (non-hydrogen) atoms. The number of aromatic nitrogens is 2.